The summed E-state index contributed by atoms with van der Waals surface area (Å²) in [6.45, 7) is 14.8. The van der Waals surface area contributed by atoms with E-state index in [0.29, 0.717) is 22.9 Å². The van der Waals surface area contributed by atoms with Crippen LogP contribution in [0.2, 0.25) is 0 Å². The molecule has 3 unspecified atom stereocenters. The second-order valence-electron chi connectivity index (χ2n) is 8.33. The highest BCUT2D eigenvalue weighted by molar-refractivity contribution is 4.87. The molecule has 0 aromatic heterocycles. The zero-order chi connectivity index (χ0) is 14.1. The van der Waals surface area contributed by atoms with Gasteiger partial charge in [0.2, 0.25) is 0 Å². The van der Waals surface area contributed by atoms with Gasteiger partial charge in [-0.1, -0.05) is 34.6 Å². The Balaban J connectivity index is 1.91. The Bertz CT molecular complexity index is 284. The van der Waals surface area contributed by atoms with E-state index in [-0.39, 0.29) is 0 Å². The normalized spacial score (nSPS) is 33.6. The third-order valence-electron chi connectivity index (χ3n) is 5.38. The van der Waals surface area contributed by atoms with E-state index in [1.54, 1.807) is 0 Å². The van der Waals surface area contributed by atoms with Gasteiger partial charge in [-0.3, -0.25) is 0 Å². The van der Waals surface area contributed by atoms with Crippen LogP contribution in [0.1, 0.15) is 60.3 Å². The molecule has 2 aliphatic rings. The summed E-state index contributed by atoms with van der Waals surface area (Å²) in [6.07, 6.45) is 5.33. The minimum atomic E-state index is 0.348. The maximum atomic E-state index is 6.06. The van der Waals surface area contributed by atoms with Gasteiger partial charge in [-0.15, -0.1) is 0 Å². The summed E-state index contributed by atoms with van der Waals surface area (Å²) < 4.78 is 11.6. The smallest absolute Gasteiger partial charge is 0.0583 e. The molecular formula is C17H32O2. The van der Waals surface area contributed by atoms with Gasteiger partial charge >= 0.3 is 0 Å². The Morgan fingerprint density at radius 1 is 0.947 bits per heavy atom. The van der Waals surface area contributed by atoms with Gasteiger partial charge in [0, 0.05) is 19.8 Å². The molecule has 2 aliphatic heterocycles. The van der Waals surface area contributed by atoms with Gasteiger partial charge in [0.15, 0.2) is 0 Å². The molecule has 0 amide bonds. The van der Waals surface area contributed by atoms with Gasteiger partial charge in [0.25, 0.3) is 0 Å². The van der Waals surface area contributed by atoms with Crippen molar-refractivity contribution in [3.8, 4) is 0 Å². The third-order valence-corrected chi connectivity index (χ3v) is 5.38. The molecule has 0 aromatic rings. The lowest BCUT2D eigenvalue weighted by atomic mass is 9.70. The highest BCUT2D eigenvalue weighted by Gasteiger charge is 2.38. The van der Waals surface area contributed by atoms with Crippen LogP contribution >= 0.6 is 0 Å². The first kappa shape index (κ1) is 15.3. The molecule has 0 spiro atoms. The molecule has 2 heterocycles. The van der Waals surface area contributed by atoms with Crippen molar-refractivity contribution in [1.29, 1.82) is 0 Å². The molecule has 2 nitrogen and oxygen atoms in total. The van der Waals surface area contributed by atoms with Crippen molar-refractivity contribution in [2.24, 2.45) is 22.7 Å². The van der Waals surface area contributed by atoms with Gasteiger partial charge in [0.05, 0.1) is 6.10 Å². The first-order valence-electron chi connectivity index (χ1n) is 7.98. The van der Waals surface area contributed by atoms with Crippen LogP contribution in [0.4, 0.5) is 0 Å². The van der Waals surface area contributed by atoms with Crippen LogP contribution in [0.3, 0.4) is 0 Å². The number of rotatable bonds is 3. The predicted octanol–water partition coefficient (Wildman–Crippen LogP) is 4.28. The lowest BCUT2D eigenvalue weighted by molar-refractivity contribution is -0.0601. The van der Waals surface area contributed by atoms with E-state index >= 15 is 0 Å². The van der Waals surface area contributed by atoms with Gasteiger partial charge < -0.3 is 9.47 Å². The molecule has 2 rings (SSSR count). The van der Waals surface area contributed by atoms with Crippen LogP contribution in [0.25, 0.3) is 0 Å². The first-order chi connectivity index (χ1) is 8.79. The Morgan fingerprint density at radius 3 is 2.21 bits per heavy atom. The van der Waals surface area contributed by atoms with E-state index < -0.39 is 0 Å². The summed E-state index contributed by atoms with van der Waals surface area (Å²) in [5.74, 6) is 1.52. The van der Waals surface area contributed by atoms with Crippen molar-refractivity contribution in [3.63, 3.8) is 0 Å². The number of hydrogen-bond donors (Lipinski definition) is 0. The molecule has 2 fully saturated rings. The molecule has 3 atom stereocenters. The summed E-state index contributed by atoms with van der Waals surface area (Å²) in [6, 6.07) is 0. The molecule has 112 valence electrons. The highest BCUT2D eigenvalue weighted by Crippen LogP contribution is 2.42. The second kappa shape index (κ2) is 5.73. The molecule has 0 radical (unpaired) electrons. The molecule has 0 bridgehead atoms. The van der Waals surface area contributed by atoms with Gasteiger partial charge in [-0.2, -0.15) is 0 Å². The summed E-state index contributed by atoms with van der Waals surface area (Å²) >= 11 is 0. The summed E-state index contributed by atoms with van der Waals surface area (Å²) in [4.78, 5) is 0. The maximum Gasteiger partial charge on any atom is 0.0583 e. The second-order valence-corrected chi connectivity index (χ2v) is 8.33. The summed E-state index contributed by atoms with van der Waals surface area (Å²) in [5, 5.41) is 0. The number of ether oxygens (including phenoxy) is 2. The Morgan fingerprint density at radius 2 is 1.63 bits per heavy atom. The van der Waals surface area contributed by atoms with E-state index in [4.69, 9.17) is 9.47 Å². The minimum absolute atomic E-state index is 0.348. The van der Waals surface area contributed by atoms with Gasteiger partial charge in [-0.25, -0.2) is 0 Å². The highest BCUT2D eigenvalue weighted by atomic mass is 16.5. The topological polar surface area (TPSA) is 18.5 Å². The fourth-order valence-electron chi connectivity index (χ4n) is 3.71. The lowest BCUT2D eigenvalue weighted by Gasteiger charge is -2.41. The first-order valence-corrected chi connectivity index (χ1v) is 7.98. The van der Waals surface area contributed by atoms with Crippen molar-refractivity contribution in [1.82, 2.24) is 0 Å². The van der Waals surface area contributed by atoms with Gasteiger partial charge in [0.1, 0.15) is 0 Å². The fraction of sp³-hybridized carbons (Fsp3) is 1.00. The van der Waals surface area contributed by atoms with Crippen LogP contribution in [-0.4, -0.2) is 25.9 Å². The van der Waals surface area contributed by atoms with Crippen molar-refractivity contribution < 1.29 is 9.47 Å². The predicted molar refractivity (Wildman–Crippen MR) is 79.2 cm³/mol. The number of hydrogen-bond acceptors (Lipinski definition) is 2. The molecule has 19 heavy (non-hydrogen) atoms. The van der Waals surface area contributed by atoms with Crippen LogP contribution in [0, 0.1) is 22.7 Å². The van der Waals surface area contributed by atoms with Gasteiger partial charge in [-0.05, 0) is 48.3 Å². The Hall–Kier alpha value is -0.0800. The third kappa shape index (κ3) is 3.95. The van der Waals surface area contributed by atoms with Crippen molar-refractivity contribution in [2.45, 2.75) is 66.4 Å². The molecular weight excluding hydrogens is 236 g/mol. The largest absolute Gasteiger partial charge is 0.381 e. The van der Waals surface area contributed by atoms with E-state index in [1.165, 1.54) is 25.7 Å². The monoisotopic (exact) mass is 268 g/mol. The fourth-order valence-corrected chi connectivity index (χ4v) is 3.71. The van der Waals surface area contributed by atoms with Crippen LogP contribution in [-0.2, 0) is 9.47 Å². The Kier molecular flexibility index (Phi) is 4.62. The molecule has 2 saturated heterocycles. The summed E-state index contributed by atoms with van der Waals surface area (Å²) in [7, 11) is 0. The molecule has 0 saturated carbocycles. The van der Waals surface area contributed by atoms with E-state index in [0.717, 1.165) is 25.7 Å². The molecule has 0 aliphatic carbocycles. The van der Waals surface area contributed by atoms with Crippen molar-refractivity contribution in [3.05, 3.63) is 0 Å². The zero-order valence-corrected chi connectivity index (χ0v) is 13.5. The lowest BCUT2D eigenvalue weighted by Crippen LogP contribution is -2.37. The van der Waals surface area contributed by atoms with E-state index in [1.807, 2.05) is 0 Å². The van der Waals surface area contributed by atoms with Crippen molar-refractivity contribution >= 4 is 0 Å². The Labute approximate surface area is 119 Å². The van der Waals surface area contributed by atoms with Crippen LogP contribution in [0.5, 0.6) is 0 Å². The minimum Gasteiger partial charge on any atom is -0.381 e. The molecule has 0 N–H and O–H groups in total. The van der Waals surface area contributed by atoms with E-state index in [9.17, 15) is 0 Å². The van der Waals surface area contributed by atoms with Crippen molar-refractivity contribution in [2.75, 3.05) is 19.8 Å². The van der Waals surface area contributed by atoms with Crippen LogP contribution < -0.4 is 0 Å². The quantitative estimate of drug-likeness (QED) is 0.760. The zero-order valence-electron chi connectivity index (χ0n) is 13.5. The molecule has 0 aromatic carbocycles. The maximum absolute atomic E-state index is 6.06. The average Bonchev–Trinajstić information content (AvgIpc) is 2.81. The average molecular weight is 268 g/mol. The van der Waals surface area contributed by atoms with E-state index in [2.05, 4.69) is 34.6 Å². The summed E-state index contributed by atoms with van der Waals surface area (Å²) in [5.41, 5.74) is 0.767. The SMILES string of the molecule is CC(C)(C)C1CCOC(CC(C)(C)C2CCOC2)C1. The standard InChI is InChI=1S/C17H32O2/c1-16(2,3)13-7-9-19-15(10-13)11-17(4,5)14-6-8-18-12-14/h13-15H,6-12H2,1-5H3. The van der Waals surface area contributed by atoms with Crippen LogP contribution in [0.15, 0.2) is 0 Å². The molecule has 2 heteroatoms.